The number of nitrogens with zero attached hydrogens (tertiary/aromatic N) is 1. The fourth-order valence-electron chi connectivity index (χ4n) is 1.71. The quantitative estimate of drug-likeness (QED) is 0.828. The molecule has 1 aromatic carbocycles. The van der Waals surface area contributed by atoms with E-state index in [-0.39, 0.29) is 18.3 Å². The fraction of sp³-hybridized carbons (Fsp3) is 0.273. The number of halogens is 2. The first-order chi connectivity index (χ1) is 8.52. The van der Waals surface area contributed by atoms with Gasteiger partial charge in [-0.3, -0.25) is 9.59 Å². The Balaban J connectivity index is 2.43. The largest absolute Gasteiger partial charge is 0.477 e. The van der Waals surface area contributed by atoms with Gasteiger partial charge in [-0.2, -0.15) is 0 Å². The number of carbonyl (C=O) groups is 2. The Morgan fingerprint density at radius 2 is 2.28 bits per heavy atom. The lowest BCUT2D eigenvalue weighted by atomic mass is 10.2. The molecule has 2 N–H and O–H groups in total. The average Bonchev–Trinajstić information content (AvgIpc) is 2.36. The van der Waals surface area contributed by atoms with E-state index in [0.29, 0.717) is 11.4 Å². The molecule has 18 heavy (non-hydrogen) atoms. The van der Waals surface area contributed by atoms with E-state index in [1.54, 1.807) is 18.2 Å². The summed E-state index contributed by atoms with van der Waals surface area (Å²) in [7, 11) is 0. The number of ether oxygens (including phenoxy) is 1. The van der Waals surface area contributed by atoms with E-state index in [2.05, 4.69) is 15.9 Å². The van der Waals surface area contributed by atoms with Gasteiger partial charge in [-0.1, -0.05) is 15.9 Å². The van der Waals surface area contributed by atoms with Crippen LogP contribution >= 0.6 is 27.5 Å². The molecule has 0 aliphatic carbocycles. The summed E-state index contributed by atoms with van der Waals surface area (Å²) in [5, 5.41) is 0. The highest BCUT2D eigenvalue weighted by molar-refractivity contribution is 9.10. The monoisotopic (exact) mass is 332 g/mol. The van der Waals surface area contributed by atoms with Crippen molar-refractivity contribution in [3.05, 3.63) is 22.7 Å². The number of fused-ring (bicyclic) bond motifs is 1. The molecular weight excluding hydrogens is 323 g/mol. The third-order valence-electron chi connectivity index (χ3n) is 2.56. The molecule has 0 spiro atoms. The van der Waals surface area contributed by atoms with E-state index in [1.165, 1.54) is 4.90 Å². The molecule has 7 heteroatoms. The molecule has 0 radical (unpaired) electrons. The lowest BCUT2D eigenvalue weighted by Gasteiger charge is -2.33. The molecule has 0 fully saturated rings. The third-order valence-corrected chi connectivity index (χ3v) is 3.28. The second kappa shape index (κ2) is 5.16. The number of benzene rings is 1. The predicted octanol–water partition coefficient (Wildman–Crippen LogP) is 1.27. The van der Waals surface area contributed by atoms with Gasteiger partial charge in [0.1, 0.15) is 11.6 Å². The van der Waals surface area contributed by atoms with Crippen LogP contribution in [0, 0.1) is 0 Å². The Morgan fingerprint density at radius 3 is 2.89 bits per heavy atom. The molecule has 5 nitrogen and oxygen atoms in total. The van der Waals surface area contributed by atoms with Crippen LogP contribution in [0.5, 0.6) is 5.75 Å². The van der Waals surface area contributed by atoms with Crippen molar-refractivity contribution in [3.8, 4) is 5.75 Å². The molecule has 2 amide bonds. The smallest absolute Gasteiger partial charge is 0.260 e. The molecule has 1 aliphatic heterocycles. The Bertz CT molecular complexity index is 509. The van der Waals surface area contributed by atoms with E-state index >= 15 is 0 Å². The maximum absolute atomic E-state index is 11.8. The number of hydrogen-bond donors (Lipinski definition) is 1. The minimum absolute atomic E-state index is 0.0737. The molecule has 0 saturated heterocycles. The molecule has 2 rings (SSSR count). The SMILES string of the molecule is NC(=O)C1CN(C(=O)CCl)c2cc(Br)ccc2O1. The first-order valence-electron chi connectivity index (χ1n) is 5.14. The summed E-state index contributed by atoms with van der Waals surface area (Å²) in [4.78, 5) is 24.4. The lowest BCUT2D eigenvalue weighted by Crippen LogP contribution is -2.49. The summed E-state index contributed by atoms with van der Waals surface area (Å²) in [6, 6.07) is 5.16. The number of carbonyl (C=O) groups excluding carboxylic acids is 2. The van der Waals surface area contributed by atoms with Crippen molar-refractivity contribution >= 4 is 45.0 Å². The summed E-state index contributed by atoms with van der Waals surface area (Å²) < 4.78 is 6.24. The lowest BCUT2D eigenvalue weighted by molar-refractivity contribution is -0.125. The topological polar surface area (TPSA) is 72.6 Å². The van der Waals surface area contributed by atoms with Gasteiger partial charge in [0.25, 0.3) is 5.91 Å². The Kier molecular flexibility index (Phi) is 3.77. The fourth-order valence-corrected chi connectivity index (χ4v) is 2.21. The number of anilines is 1. The molecule has 1 unspecified atom stereocenters. The minimum atomic E-state index is -0.856. The van der Waals surface area contributed by atoms with E-state index < -0.39 is 12.0 Å². The van der Waals surface area contributed by atoms with Gasteiger partial charge in [-0.15, -0.1) is 11.6 Å². The van der Waals surface area contributed by atoms with Crippen LogP contribution in [-0.4, -0.2) is 30.3 Å². The number of nitrogens with two attached hydrogens (primary N) is 1. The van der Waals surface area contributed by atoms with Gasteiger partial charge in [-0.05, 0) is 18.2 Å². The van der Waals surface area contributed by atoms with Crippen molar-refractivity contribution in [2.24, 2.45) is 5.73 Å². The molecule has 0 saturated carbocycles. The second-order valence-electron chi connectivity index (χ2n) is 3.76. The van der Waals surface area contributed by atoms with E-state index in [4.69, 9.17) is 22.1 Å². The van der Waals surface area contributed by atoms with Gasteiger partial charge in [0, 0.05) is 4.47 Å². The second-order valence-corrected chi connectivity index (χ2v) is 4.94. The van der Waals surface area contributed by atoms with Crippen LogP contribution in [0.2, 0.25) is 0 Å². The molecule has 0 aromatic heterocycles. The van der Waals surface area contributed by atoms with Crippen LogP contribution in [0.1, 0.15) is 0 Å². The van der Waals surface area contributed by atoms with Crippen LogP contribution in [0.25, 0.3) is 0 Å². The number of rotatable bonds is 2. The zero-order valence-corrected chi connectivity index (χ0v) is 11.6. The highest BCUT2D eigenvalue weighted by Gasteiger charge is 2.32. The summed E-state index contributed by atoms with van der Waals surface area (Å²) in [5.41, 5.74) is 5.79. The van der Waals surface area contributed by atoms with Gasteiger partial charge in [-0.25, -0.2) is 0 Å². The van der Waals surface area contributed by atoms with Gasteiger partial charge in [0.2, 0.25) is 5.91 Å². The maximum atomic E-state index is 11.8. The number of primary amides is 1. The Labute approximate surface area is 117 Å². The van der Waals surface area contributed by atoms with Crippen molar-refractivity contribution in [2.45, 2.75) is 6.10 Å². The average molecular weight is 334 g/mol. The molecule has 1 aliphatic rings. The number of hydrogen-bond acceptors (Lipinski definition) is 3. The molecule has 1 aromatic rings. The zero-order chi connectivity index (χ0) is 13.3. The molecule has 1 atom stereocenters. The van der Waals surface area contributed by atoms with Crippen molar-refractivity contribution in [3.63, 3.8) is 0 Å². The highest BCUT2D eigenvalue weighted by atomic mass is 79.9. The summed E-state index contributed by atoms with van der Waals surface area (Å²) >= 11 is 8.87. The van der Waals surface area contributed by atoms with Crippen molar-refractivity contribution in [1.82, 2.24) is 0 Å². The molecule has 0 bridgehead atoms. The van der Waals surface area contributed by atoms with Crippen LogP contribution in [0.3, 0.4) is 0 Å². The van der Waals surface area contributed by atoms with Crippen LogP contribution in [-0.2, 0) is 9.59 Å². The number of alkyl halides is 1. The van der Waals surface area contributed by atoms with E-state index in [9.17, 15) is 9.59 Å². The van der Waals surface area contributed by atoms with Crippen LogP contribution in [0.15, 0.2) is 22.7 Å². The Hall–Kier alpha value is -1.27. The minimum Gasteiger partial charge on any atom is -0.477 e. The van der Waals surface area contributed by atoms with Crippen molar-refractivity contribution < 1.29 is 14.3 Å². The Morgan fingerprint density at radius 1 is 1.56 bits per heavy atom. The van der Waals surface area contributed by atoms with E-state index in [0.717, 1.165) is 4.47 Å². The zero-order valence-electron chi connectivity index (χ0n) is 9.23. The molecule has 1 heterocycles. The van der Waals surface area contributed by atoms with Crippen molar-refractivity contribution in [1.29, 1.82) is 0 Å². The third kappa shape index (κ3) is 2.44. The van der Waals surface area contributed by atoms with Crippen molar-refractivity contribution in [2.75, 3.05) is 17.3 Å². The van der Waals surface area contributed by atoms with Crippen LogP contribution < -0.4 is 15.4 Å². The first kappa shape index (κ1) is 13.2. The van der Waals surface area contributed by atoms with Gasteiger partial charge in [0.15, 0.2) is 6.10 Å². The maximum Gasteiger partial charge on any atom is 0.260 e. The standard InChI is InChI=1S/C11H10BrClN2O3/c12-6-1-2-8-7(3-6)15(10(16)4-13)5-9(18-8)11(14)17/h1-3,9H,4-5H2,(H2,14,17). The highest BCUT2D eigenvalue weighted by Crippen LogP contribution is 2.35. The predicted molar refractivity (Wildman–Crippen MR) is 70.8 cm³/mol. The molecule has 96 valence electrons. The summed E-state index contributed by atoms with van der Waals surface area (Å²) in [6.07, 6.45) is -0.856. The first-order valence-corrected chi connectivity index (χ1v) is 6.47. The number of amides is 2. The van der Waals surface area contributed by atoms with Gasteiger partial charge >= 0.3 is 0 Å². The summed E-state index contributed by atoms with van der Waals surface area (Å²) in [6.45, 7) is 0.0737. The van der Waals surface area contributed by atoms with Gasteiger partial charge < -0.3 is 15.4 Å². The van der Waals surface area contributed by atoms with Gasteiger partial charge in [0.05, 0.1) is 12.2 Å². The molecular formula is C11H10BrClN2O3. The summed E-state index contributed by atoms with van der Waals surface area (Å²) in [5.74, 6) is -0.648. The van der Waals surface area contributed by atoms with E-state index in [1.807, 2.05) is 0 Å². The normalized spacial score (nSPS) is 17.9. The van der Waals surface area contributed by atoms with Crippen LogP contribution in [0.4, 0.5) is 5.69 Å².